The smallest absolute Gasteiger partial charge is 0.323 e. The zero-order chi connectivity index (χ0) is 19.5. The normalized spacial score (nSPS) is 18.5. The number of halogens is 1. The molecule has 2 heterocycles. The van der Waals surface area contributed by atoms with Gasteiger partial charge in [0.05, 0.1) is 0 Å². The maximum Gasteiger partial charge on any atom is 0.323 e. The van der Waals surface area contributed by atoms with Gasteiger partial charge in [0.25, 0.3) is 5.91 Å². The van der Waals surface area contributed by atoms with Crippen LogP contribution < -0.4 is 10.6 Å². The molecule has 2 N–H and O–H groups in total. The van der Waals surface area contributed by atoms with E-state index in [0.717, 1.165) is 29.7 Å². The van der Waals surface area contributed by atoms with Crippen LogP contribution in [-0.4, -0.2) is 36.1 Å². The fourth-order valence-corrected chi connectivity index (χ4v) is 3.71. The van der Waals surface area contributed by atoms with Gasteiger partial charge in [0.1, 0.15) is 11.9 Å². The van der Waals surface area contributed by atoms with Gasteiger partial charge in [-0.15, -0.1) is 0 Å². The highest BCUT2D eigenvalue weighted by atomic mass is 19.1. The molecule has 2 aromatic carbocycles. The first-order valence-electron chi connectivity index (χ1n) is 9.45. The SMILES string of the molecule is O=C(Nc1ccc(F)cc1)Nc1cccc2c1CCN(C(=O)[C@H]1CCCO1)C2. The first-order chi connectivity index (χ1) is 13.6. The Labute approximate surface area is 162 Å². The molecule has 1 atom stereocenters. The van der Waals surface area contributed by atoms with E-state index < -0.39 is 6.03 Å². The number of nitrogens with zero attached hydrogens (tertiary/aromatic N) is 1. The van der Waals surface area contributed by atoms with Crippen molar-refractivity contribution in [2.24, 2.45) is 0 Å². The van der Waals surface area contributed by atoms with Crippen molar-refractivity contribution in [1.29, 1.82) is 0 Å². The molecule has 2 aliphatic heterocycles. The number of ether oxygens (including phenoxy) is 1. The lowest BCUT2D eigenvalue weighted by Crippen LogP contribution is -2.42. The van der Waals surface area contributed by atoms with Gasteiger partial charge in [-0.25, -0.2) is 9.18 Å². The number of amides is 3. The molecule has 2 aromatic rings. The van der Waals surface area contributed by atoms with E-state index in [1.807, 2.05) is 23.1 Å². The zero-order valence-corrected chi connectivity index (χ0v) is 15.4. The molecule has 3 amide bonds. The van der Waals surface area contributed by atoms with Gasteiger partial charge in [0.15, 0.2) is 0 Å². The second kappa shape index (κ2) is 7.98. The van der Waals surface area contributed by atoms with Gasteiger partial charge < -0.3 is 20.3 Å². The van der Waals surface area contributed by atoms with Crippen molar-refractivity contribution in [3.63, 3.8) is 0 Å². The predicted octanol–water partition coefficient (Wildman–Crippen LogP) is 3.53. The van der Waals surface area contributed by atoms with Gasteiger partial charge in [0, 0.05) is 31.1 Å². The Morgan fingerprint density at radius 1 is 1.11 bits per heavy atom. The number of fused-ring (bicyclic) bond motifs is 1. The summed E-state index contributed by atoms with van der Waals surface area (Å²) >= 11 is 0. The molecule has 7 heteroatoms. The summed E-state index contributed by atoms with van der Waals surface area (Å²) in [6.45, 7) is 1.77. The maximum absolute atomic E-state index is 13.0. The number of carbonyl (C=O) groups is 2. The van der Waals surface area contributed by atoms with Crippen LogP contribution in [0.25, 0.3) is 0 Å². The average molecular weight is 383 g/mol. The molecule has 0 saturated carbocycles. The first kappa shape index (κ1) is 18.4. The van der Waals surface area contributed by atoms with E-state index in [0.29, 0.717) is 31.8 Å². The summed E-state index contributed by atoms with van der Waals surface area (Å²) in [7, 11) is 0. The monoisotopic (exact) mass is 383 g/mol. The van der Waals surface area contributed by atoms with Crippen LogP contribution in [-0.2, 0) is 22.5 Å². The van der Waals surface area contributed by atoms with Crippen LogP contribution in [0.3, 0.4) is 0 Å². The summed E-state index contributed by atoms with van der Waals surface area (Å²) in [6.07, 6.45) is 2.07. The lowest BCUT2D eigenvalue weighted by Gasteiger charge is -2.31. The molecule has 1 saturated heterocycles. The van der Waals surface area contributed by atoms with Crippen molar-refractivity contribution in [1.82, 2.24) is 4.90 Å². The molecule has 6 nitrogen and oxygen atoms in total. The molecule has 0 spiro atoms. The van der Waals surface area contributed by atoms with E-state index in [-0.39, 0.29) is 17.8 Å². The van der Waals surface area contributed by atoms with Gasteiger partial charge in [-0.05, 0) is 60.7 Å². The summed E-state index contributed by atoms with van der Waals surface area (Å²) < 4.78 is 18.5. The molecule has 0 radical (unpaired) electrons. The fraction of sp³-hybridized carbons (Fsp3) is 0.333. The van der Waals surface area contributed by atoms with Crippen molar-refractivity contribution < 1.29 is 18.7 Å². The molecule has 146 valence electrons. The van der Waals surface area contributed by atoms with Crippen molar-refractivity contribution in [2.75, 3.05) is 23.8 Å². The van der Waals surface area contributed by atoms with E-state index in [1.165, 1.54) is 24.3 Å². The van der Waals surface area contributed by atoms with Crippen LogP contribution in [0.2, 0.25) is 0 Å². The fourth-order valence-electron chi connectivity index (χ4n) is 3.71. The Bertz CT molecular complexity index is 879. The summed E-state index contributed by atoms with van der Waals surface area (Å²) in [5.74, 6) is -0.305. The lowest BCUT2D eigenvalue weighted by molar-refractivity contribution is -0.141. The third-order valence-corrected chi connectivity index (χ3v) is 5.13. The van der Waals surface area contributed by atoms with E-state index in [9.17, 15) is 14.0 Å². The summed E-state index contributed by atoms with van der Waals surface area (Å²) in [6, 6.07) is 10.9. The van der Waals surface area contributed by atoms with Crippen molar-refractivity contribution in [3.8, 4) is 0 Å². The standard InChI is InChI=1S/C21H22FN3O3/c22-15-6-8-16(9-7-15)23-21(27)24-18-4-1-3-14-13-25(11-10-17(14)18)20(26)19-5-2-12-28-19/h1,3-4,6-9,19H,2,5,10-13H2,(H2,23,24,27)/t19-/m1/s1. The molecule has 1 fully saturated rings. The van der Waals surface area contributed by atoms with E-state index in [1.54, 1.807) is 0 Å². The Hall–Kier alpha value is -2.93. The lowest BCUT2D eigenvalue weighted by atomic mass is 9.97. The van der Waals surface area contributed by atoms with Gasteiger partial charge in [0.2, 0.25) is 0 Å². The zero-order valence-electron chi connectivity index (χ0n) is 15.4. The minimum absolute atomic E-state index is 0.0514. The van der Waals surface area contributed by atoms with Crippen molar-refractivity contribution in [2.45, 2.75) is 31.9 Å². The molecule has 4 rings (SSSR count). The van der Waals surface area contributed by atoms with Crippen LogP contribution in [0.5, 0.6) is 0 Å². The minimum Gasteiger partial charge on any atom is -0.368 e. The second-order valence-corrected chi connectivity index (χ2v) is 7.04. The van der Waals surface area contributed by atoms with E-state index in [2.05, 4.69) is 10.6 Å². The van der Waals surface area contributed by atoms with Crippen LogP contribution in [0.1, 0.15) is 24.0 Å². The molecule has 0 unspecified atom stereocenters. The number of anilines is 2. The number of rotatable bonds is 3. The van der Waals surface area contributed by atoms with Gasteiger partial charge in [-0.3, -0.25) is 4.79 Å². The van der Waals surface area contributed by atoms with E-state index in [4.69, 9.17) is 4.74 Å². The second-order valence-electron chi connectivity index (χ2n) is 7.04. The summed E-state index contributed by atoms with van der Waals surface area (Å²) in [4.78, 5) is 26.7. The van der Waals surface area contributed by atoms with Crippen molar-refractivity contribution >= 4 is 23.3 Å². The van der Waals surface area contributed by atoms with Crippen LogP contribution >= 0.6 is 0 Å². The molecule has 28 heavy (non-hydrogen) atoms. The number of carbonyl (C=O) groups excluding carboxylic acids is 2. The molecule has 0 aliphatic carbocycles. The Morgan fingerprint density at radius 3 is 2.68 bits per heavy atom. The van der Waals surface area contributed by atoms with Crippen LogP contribution in [0, 0.1) is 5.82 Å². The van der Waals surface area contributed by atoms with Crippen LogP contribution in [0.15, 0.2) is 42.5 Å². The number of hydrogen-bond acceptors (Lipinski definition) is 3. The topological polar surface area (TPSA) is 70.7 Å². The highest BCUT2D eigenvalue weighted by Crippen LogP contribution is 2.28. The Kier molecular flexibility index (Phi) is 5.25. The summed E-state index contributed by atoms with van der Waals surface area (Å²) in [5.41, 5.74) is 3.30. The molecular formula is C21H22FN3O3. The van der Waals surface area contributed by atoms with Gasteiger partial charge in [-0.1, -0.05) is 12.1 Å². The number of nitrogens with one attached hydrogen (secondary N) is 2. The Balaban J connectivity index is 1.43. The third-order valence-electron chi connectivity index (χ3n) is 5.13. The predicted molar refractivity (Wildman–Crippen MR) is 104 cm³/mol. The molecule has 0 aromatic heterocycles. The minimum atomic E-state index is -0.391. The molecule has 0 bridgehead atoms. The average Bonchev–Trinajstić information content (AvgIpc) is 3.24. The largest absolute Gasteiger partial charge is 0.368 e. The Morgan fingerprint density at radius 2 is 1.93 bits per heavy atom. The van der Waals surface area contributed by atoms with Gasteiger partial charge >= 0.3 is 6.03 Å². The molecule has 2 aliphatic rings. The molecular weight excluding hydrogens is 361 g/mol. The van der Waals surface area contributed by atoms with E-state index >= 15 is 0 Å². The van der Waals surface area contributed by atoms with Crippen molar-refractivity contribution in [3.05, 3.63) is 59.4 Å². The number of hydrogen-bond donors (Lipinski definition) is 2. The number of benzene rings is 2. The highest BCUT2D eigenvalue weighted by Gasteiger charge is 2.30. The highest BCUT2D eigenvalue weighted by molar-refractivity contribution is 6.00. The summed E-state index contributed by atoms with van der Waals surface area (Å²) in [5, 5.41) is 5.55. The quantitative estimate of drug-likeness (QED) is 0.852. The first-order valence-corrected chi connectivity index (χ1v) is 9.45. The third kappa shape index (κ3) is 3.99. The van der Waals surface area contributed by atoms with Gasteiger partial charge in [-0.2, -0.15) is 0 Å². The number of urea groups is 1. The maximum atomic E-state index is 13.0. The van der Waals surface area contributed by atoms with Crippen LogP contribution in [0.4, 0.5) is 20.6 Å².